The molecule has 0 bridgehead atoms. The molecule has 5 nitrogen and oxygen atoms in total. The Labute approximate surface area is 127 Å². The highest BCUT2D eigenvalue weighted by atomic mass is 32.3. The number of furan rings is 1. The maximum Gasteiger partial charge on any atom is 0.266 e. The van der Waals surface area contributed by atoms with Crippen molar-refractivity contribution in [1.29, 1.82) is 0 Å². The highest BCUT2D eigenvalue weighted by Gasteiger charge is 2.42. The summed E-state index contributed by atoms with van der Waals surface area (Å²) in [6, 6.07) is 3.30. The minimum Gasteiger partial charge on any atom is -0.465 e. The van der Waals surface area contributed by atoms with E-state index in [4.69, 9.17) is 16.6 Å². The van der Waals surface area contributed by atoms with Gasteiger partial charge in [0.1, 0.15) is 10.1 Å². The van der Waals surface area contributed by atoms with Crippen molar-refractivity contribution in [1.82, 2.24) is 4.90 Å². The fourth-order valence-corrected chi connectivity index (χ4v) is 5.43. The van der Waals surface area contributed by atoms with Crippen LogP contribution in [-0.2, 0) is 4.79 Å². The number of amides is 1. The second kappa shape index (κ2) is 5.19. The molecule has 1 amide bonds. The number of hydrogen-bond donors (Lipinski definition) is 2. The van der Waals surface area contributed by atoms with Gasteiger partial charge in [0.15, 0.2) is 0 Å². The van der Waals surface area contributed by atoms with Gasteiger partial charge in [0, 0.05) is 11.8 Å². The van der Waals surface area contributed by atoms with Crippen LogP contribution < -0.4 is 0 Å². The van der Waals surface area contributed by atoms with Crippen molar-refractivity contribution in [2.45, 2.75) is 12.5 Å². The molecule has 1 aromatic rings. The smallest absolute Gasteiger partial charge is 0.266 e. The minimum atomic E-state index is -2.55. The molecule has 3 heterocycles. The summed E-state index contributed by atoms with van der Waals surface area (Å²) in [4.78, 5) is 14.4. The van der Waals surface area contributed by atoms with Crippen LogP contribution >= 0.6 is 34.6 Å². The maximum atomic E-state index is 12.4. The number of thioether (sulfide) groups is 1. The quantitative estimate of drug-likeness (QED) is 0.641. The molecule has 2 N–H and O–H groups in total. The van der Waals surface area contributed by atoms with Gasteiger partial charge in [-0.1, -0.05) is 24.0 Å². The summed E-state index contributed by atoms with van der Waals surface area (Å²) in [7, 11) is -2.55. The first-order valence-corrected chi connectivity index (χ1v) is 9.11. The number of hydrogen-bond acceptors (Lipinski definition) is 6. The van der Waals surface area contributed by atoms with E-state index in [2.05, 4.69) is 0 Å². The van der Waals surface area contributed by atoms with Crippen molar-refractivity contribution in [3.63, 3.8) is 0 Å². The normalized spacial score (nSPS) is 29.4. The highest BCUT2D eigenvalue weighted by Crippen LogP contribution is 2.49. The van der Waals surface area contributed by atoms with Crippen molar-refractivity contribution in [2.24, 2.45) is 0 Å². The van der Waals surface area contributed by atoms with Gasteiger partial charge < -0.3 is 4.42 Å². The van der Waals surface area contributed by atoms with E-state index >= 15 is 0 Å². The molecule has 1 unspecified atom stereocenters. The third-order valence-electron chi connectivity index (χ3n) is 3.24. The predicted octanol–water partition coefficient (Wildman–Crippen LogP) is 3.00. The molecular formula is C12H13NO4S3. The van der Waals surface area contributed by atoms with E-state index in [1.807, 2.05) is 0 Å². The van der Waals surface area contributed by atoms with Crippen molar-refractivity contribution < 1.29 is 18.3 Å². The van der Waals surface area contributed by atoms with E-state index in [9.17, 15) is 13.9 Å². The zero-order valence-corrected chi connectivity index (χ0v) is 12.8. The first-order chi connectivity index (χ1) is 9.46. The van der Waals surface area contributed by atoms with E-state index in [1.165, 1.54) is 16.7 Å². The van der Waals surface area contributed by atoms with Gasteiger partial charge in [-0.3, -0.25) is 18.8 Å². The van der Waals surface area contributed by atoms with Crippen molar-refractivity contribution in [2.75, 3.05) is 11.5 Å². The molecule has 1 aromatic heterocycles. The van der Waals surface area contributed by atoms with Gasteiger partial charge in [0.05, 0.1) is 23.0 Å². The molecule has 2 fully saturated rings. The molecule has 0 aromatic carbocycles. The molecule has 0 saturated carbocycles. The SMILES string of the molecule is O=C1C(=Cc2ccco2)SC(=S)N1C1CCS(O)(O)C1. The van der Waals surface area contributed by atoms with E-state index < -0.39 is 10.6 Å². The first kappa shape index (κ1) is 14.2. The molecular weight excluding hydrogens is 318 g/mol. The van der Waals surface area contributed by atoms with Crippen LogP contribution in [0.3, 0.4) is 0 Å². The van der Waals surface area contributed by atoms with E-state index in [-0.39, 0.29) is 17.7 Å². The molecule has 3 rings (SSSR count). The molecule has 2 aliphatic heterocycles. The van der Waals surface area contributed by atoms with Crippen LogP contribution in [-0.4, -0.2) is 41.8 Å². The van der Waals surface area contributed by atoms with E-state index in [1.54, 1.807) is 24.5 Å². The fourth-order valence-electron chi connectivity index (χ4n) is 2.30. The summed E-state index contributed by atoms with van der Waals surface area (Å²) >= 11 is 6.47. The Morgan fingerprint density at radius 2 is 2.35 bits per heavy atom. The van der Waals surface area contributed by atoms with Crippen LogP contribution in [0, 0.1) is 0 Å². The lowest BCUT2D eigenvalue weighted by molar-refractivity contribution is -0.123. The molecule has 0 radical (unpaired) electrons. The van der Waals surface area contributed by atoms with E-state index in [0.29, 0.717) is 27.2 Å². The number of carbonyl (C=O) groups is 1. The third kappa shape index (κ3) is 2.66. The van der Waals surface area contributed by atoms with Crippen molar-refractivity contribution in [3.8, 4) is 0 Å². The van der Waals surface area contributed by atoms with Crippen LogP contribution in [0.15, 0.2) is 27.7 Å². The summed E-state index contributed by atoms with van der Waals surface area (Å²) in [6.07, 6.45) is 3.77. The van der Waals surface area contributed by atoms with Crippen molar-refractivity contribution >= 4 is 50.9 Å². The molecule has 2 saturated heterocycles. The lowest BCUT2D eigenvalue weighted by atomic mass is 10.2. The second-order valence-electron chi connectivity index (χ2n) is 4.68. The van der Waals surface area contributed by atoms with Crippen molar-refractivity contribution in [3.05, 3.63) is 29.1 Å². The molecule has 8 heteroatoms. The van der Waals surface area contributed by atoms with Crippen LogP contribution in [0.4, 0.5) is 0 Å². The summed E-state index contributed by atoms with van der Waals surface area (Å²) < 4.78 is 25.0. The number of carbonyl (C=O) groups excluding carboxylic acids is 1. The zero-order chi connectivity index (χ0) is 14.3. The summed E-state index contributed by atoms with van der Waals surface area (Å²) in [5, 5.41) is 0. The standard InChI is InChI=1S/C12H13NO4S3/c14-11-10(6-9-2-1-4-17-9)19-12(18)13(11)8-3-5-20(15,16)7-8/h1-2,4,6,8,15-16H,3,5,7H2. The van der Waals surface area contributed by atoms with Gasteiger partial charge in [-0.15, -0.1) is 0 Å². The van der Waals surface area contributed by atoms with Crippen LogP contribution in [0.1, 0.15) is 12.2 Å². The fraction of sp³-hybridized carbons (Fsp3) is 0.333. The summed E-state index contributed by atoms with van der Waals surface area (Å²) in [6.45, 7) is 0. The molecule has 0 spiro atoms. The van der Waals surface area contributed by atoms with E-state index in [0.717, 1.165) is 0 Å². The van der Waals surface area contributed by atoms with Crippen LogP contribution in [0.5, 0.6) is 0 Å². The average Bonchev–Trinajstić information content (AvgIpc) is 3.03. The lowest BCUT2D eigenvalue weighted by Crippen LogP contribution is -2.39. The molecule has 2 aliphatic rings. The van der Waals surface area contributed by atoms with Gasteiger partial charge in [0.2, 0.25) is 0 Å². The highest BCUT2D eigenvalue weighted by molar-refractivity contribution is 8.27. The number of rotatable bonds is 2. The Kier molecular flexibility index (Phi) is 3.67. The summed E-state index contributed by atoms with van der Waals surface area (Å²) in [5.74, 6) is 0.971. The Balaban J connectivity index is 1.81. The molecule has 20 heavy (non-hydrogen) atoms. The molecule has 108 valence electrons. The van der Waals surface area contributed by atoms with Gasteiger partial charge >= 0.3 is 0 Å². The number of thiocarbonyl (C=S) groups is 1. The Hall–Kier alpha value is -0.800. The minimum absolute atomic E-state index is 0.182. The number of nitrogens with zero attached hydrogens (tertiary/aromatic N) is 1. The topological polar surface area (TPSA) is 73.9 Å². The monoisotopic (exact) mass is 331 g/mol. The van der Waals surface area contributed by atoms with Crippen LogP contribution in [0.25, 0.3) is 6.08 Å². The third-order valence-corrected chi connectivity index (χ3v) is 6.38. The Bertz CT molecular complexity index is 582. The predicted molar refractivity (Wildman–Crippen MR) is 84.7 cm³/mol. The lowest BCUT2D eigenvalue weighted by Gasteiger charge is -2.28. The largest absolute Gasteiger partial charge is 0.465 e. The van der Waals surface area contributed by atoms with Gasteiger partial charge in [-0.05, 0) is 18.6 Å². The Morgan fingerprint density at radius 1 is 1.55 bits per heavy atom. The summed E-state index contributed by atoms with van der Waals surface area (Å²) in [5.41, 5.74) is 0. The van der Waals surface area contributed by atoms with Gasteiger partial charge in [-0.2, -0.15) is 10.6 Å². The Morgan fingerprint density at radius 3 is 2.95 bits per heavy atom. The van der Waals surface area contributed by atoms with Gasteiger partial charge in [-0.25, -0.2) is 0 Å². The molecule has 1 atom stereocenters. The van der Waals surface area contributed by atoms with Gasteiger partial charge in [0.25, 0.3) is 5.91 Å². The first-order valence-electron chi connectivity index (χ1n) is 6.00. The van der Waals surface area contributed by atoms with Crippen LogP contribution in [0.2, 0.25) is 0 Å². The second-order valence-corrected chi connectivity index (χ2v) is 8.70. The average molecular weight is 331 g/mol. The zero-order valence-electron chi connectivity index (χ0n) is 10.4. The maximum absolute atomic E-state index is 12.4. The molecule has 0 aliphatic carbocycles.